The van der Waals surface area contributed by atoms with E-state index in [1.807, 2.05) is 21.1 Å². The van der Waals surface area contributed by atoms with Crippen molar-refractivity contribution in [1.29, 1.82) is 0 Å². The number of rotatable bonds is 59. The summed E-state index contributed by atoms with van der Waals surface area (Å²) in [6, 6.07) is -1.09. The third kappa shape index (κ3) is 55.5. The average molecular weight is 1050 g/mol. The summed E-state index contributed by atoms with van der Waals surface area (Å²) < 4.78 is 23.3. The Hall–Kier alpha value is -1.06. The average Bonchev–Trinajstić information content (AvgIpc) is 3.35. The molecule has 10 heteroatoms. The van der Waals surface area contributed by atoms with Crippen LogP contribution in [-0.2, 0) is 18.4 Å². The second-order valence-corrected chi connectivity index (χ2v) is 24.7. The summed E-state index contributed by atoms with van der Waals surface area (Å²) in [5.41, 5.74) is 0. The normalized spacial score (nSPS) is 14.4. The standard InChI is InChI=1S/C63H125N2O7P/c1-6-8-10-12-14-16-18-20-21-22-23-24-25-26-27-28-29-30-31-32-33-34-35-36-37-38-39-40-41-42-43-44-46-48-50-52-54-56-62(67)64-60(59-72-73(69,70)71-58-57-65(3,4)5)63(68)61(66)55-53-51-49-47-45-19-17-15-13-11-9-7-2/h22-23,47,49,60-61,63,66,68H,6-21,24-46,48,50-59H2,1-5H3,(H-,64,67,69,70)/b23-22-,49-47+. The Balaban J connectivity index is 3.94. The molecule has 0 saturated heterocycles. The van der Waals surface area contributed by atoms with Crippen molar-refractivity contribution in [2.45, 2.75) is 334 Å². The van der Waals surface area contributed by atoms with E-state index in [-0.39, 0.29) is 18.9 Å². The molecule has 1 amide bonds. The first-order valence-corrected chi connectivity index (χ1v) is 33.2. The maximum atomic E-state index is 13.0. The fourth-order valence-corrected chi connectivity index (χ4v) is 10.4. The number of carbonyl (C=O) groups excluding carboxylic acids is 1. The van der Waals surface area contributed by atoms with Gasteiger partial charge in [-0.15, -0.1) is 0 Å². The Morgan fingerprint density at radius 1 is 0.479 bits per heavy atom. The molecule has 9 nitrogen and oxygen atoms in total. The van der Waals surface area contributed by atoms with Gasteiger partial charge in [-0.2, -0.15) is 0 Å². The van der Waals surface area contributed by atoms with Gasteiger partial charge >= 0.3 is 0 Å². The van der Waals surface area contributed by atoms with E-state index in [1.165, 1.54) is 250 Å². The number of amides is 1. The number of phosphoric acid groups is 1. The lowest BCUT2D eigenvalue weighted by atomic mass is 10.0. The van der Waals surface area contributed by atoms with Gasteiger partial charge in [0.15, 0.2) is 0 Å². The number of unbranched alkanes of at least 4 members (excludes halogenated alkanes) is 41. The van der Waals surface area contributed by atoms with Crippen molar-refractivity contribution < 1.29 is 38.0 Å². The van der Waals surface area contributed by atoms with E-state index in [4.69, 9.17) is 9.05 Å². The summed E-state index contributed by atoms with van der Waals surface area (Å²) in [5.74, 6) is -0.283. The molecule has 0 aliphatic heterocycles. The fourth-order valence-electron chi connectivity index (χ4n) is 9.72. The van der Waals surface area contributed by atoms with Gasteiger partial charge < -0.3 is 34.0 Å². The zero-order chi connectivity index (χ0) is 53.6. The molecule has 73 heavy (non-hydrogen) atoms. The summed E-state index contributed by atoms with van der Waals surface area (Å²) in [7, 11) is 1.12. The Labute approximate surface area is 454 Å². The number of carbonyl (C=O) groups is 1. The van der Waals surface area contributed by atoms with Crippen molar-refractivity contribution in [2.24, 2.45) is 0 Å². The lowest BCUT2D eigenvalue weighted by Gasteiger charge is -2.31. The maximum absolute atomic E-state index is 13.0. The molecule has 0 radical (unpaired) electrons. The van der Waals surface area contributed by atoms with Crippen LogP contribution in [0.2, 0.25) is 0 Å². The number of hydrogen-bond acceptors (Lipinski definition) is 7. The molecule has 0 rings (SSSR count). The molecule has 0 fully saturated rings. The van der Waals surface area contributed by atoms with Crippen molar-refractivity contribution in [3.05, 3.63) is 24.3 Å². The molecular weight excluding hydrogens is 928 g/mol. The molecule has 4 atom stereocenters. The van der Waals surface area contributed by atoms with E-state index in [1.54, 1.807) is 0 Å². The summed E-state index contributed by atoms with van der Waals surface area (Å²) in [6.07, 6.45) is 65.8. The number of aliphatic hydroxyl groups is 2. The highest BCUT2D eigenvalue weighted by molar-refractivity contribution is 7.45. The smallest absolute Gasteiger partial charge is 0.268 e. The number of phosphoric ester groups is 1. The van der Waals surface area contributed by atoms with Crippen LogP contribution in [0.4, 0.5) is 0 Å². The largest absolute Gasteiger partial charge is 0.756 e. The van der Waals surface area contributed by atoms with Gasteiger partial charge in [0.1, 0.15) is 19.3 Å². The molecule has 0 bridgehead atoms. The number of likely N-dealkylation sites (N-methyl/N-ethyl adjacent to an activating group) is 1. The molecule has 434 valence electrons. The van der Waals surface area contributed by atoms with Crippen LogP contribution < -0.4 is 10.2 Å². The number of hydrogen-bond donors (Lipinski definition) is 3. The quantitative estimate of drug-likeness (QED) is 0.0239. The van der Waals surface area contributed by atoms with Crippen LogP contribution in [0.5, 0.6) is 0 Å². The minimum atomic E-state index is -4.68. The van der Waals surface area contributed by atoms with Gasteiger partial charge in [0.25, 0.3) is 7.82 Å². The van der Waals surface area contributed by atoms with E-state index in [0.717, 1.165) is 32.1 Å². The van der Waals surface area contributed by atoms with Gasteiger partial charge in [-0.05, 0) is 64.2 Å². The Kier molecular flexibility index (Phi) is 53.5. The number of quaternary nitrogens is 1. The number of aliphatic hydroxyl groups excluding tert-OH is 2. The van der Waals surface area contributed by atoms with Crippen molar-refractivity contribution >= 4 is 13.7 Å². The molecule has 0 spiro atoms. The van der Waals surface area contributed by atoms with Crippen molar-refractivity contribution in [3.63, 3.8) is 0 Å². The molecule has 0 saturated carbocycles. The Morgan fingerprint density at radius 2 is 0.781 bits per heavy atom. The molecule has 0 aliphatic rings. The Bertz CT molecular complexity index is 1260. The van der Waals surface area contributed by atoms with E-state index in [2.05, 4.69) is 43.5 Å². The molecule has 4 unspecified atom stereocenters. The van der Waals surface area contributed by atoms with Crippen LogP contribution in [0, 0.1) is 0 Å². The topological polar surface area (TPSA) is 128 Å². The summed E-state index contributed by atoms with van der Waals surface area (Å²) in [6.45, 7) is 4.44. The van der Waals surface area contributed by atoms with Crippen LogP contribution in [0.3, 0.4) is 0 Å². The van der Waals surface area contributed by atoms with E-state index in [9.17, 15) is 24.5 Å². The highest BCUT2D eigenvalue weighted by Gasteiger charge is 2.29. The molecular formula is C63H125N2O7P. The predicted octanol–water partition coefficient (Wildman–Crippen LogP) is 17.9. The number of nitrogens with zero attached hydrogens (tertiary/aromatic N) is 1. The first-order valence-electron chi connectivity index (χ1n) is 31.8. The zero-order valence-electron chi connectivity index (χ0n) is 49.2. The van der Waals surface area contributed by atoms with Crippen molar-refractivity contribution in [3.8, 4) is 0 Å². The number of allylic oxidation sites excluding steroid dienone is 4. The van der Waals surface area contributed by atoms with Crippen LogP contribution >= 0.6 is 7.82 Å². The highest BCUT2D eigenvalue weighted by atomic mass is 31.2. The highest BCUT2D eigenvalue weighted by Crippen LogP contribution is 2.38. The molecule has 0 aromatic rings. The molecule has 3 N–H and O–H groups in total. The summed E-state index contributed by atoms with van der Waals surface area (Å²) in [4.78, 5) is 25.5. The van der Waals surface area contributed by atoms with Gasteiger partial charge in [0.05, 0.1) is 39.9 Å². The van der Waals surface area contributed by atoms with Gasteiger partial charge in [0, 0.05) is 6.42 Å². The van der Waals surface area contributed by atoms with Crippen molar-refractivity contribution in [1.82, 2.24) is 5.32 Å². The molecule has 0 aliphatic carbocycles. The van der Waals surface area contributed by atoms with E-state index >= 15 is 0 Å². The lowest BCUT2D eigenvalue weighted by molar-refractivity contribution is -0.870. The minimum absolute atomic E-state index is 0.0437. The van der Waals surface area contributed by atoms with Gasteiger partial charge in [-0.25, -0.2) is 0 Å². The lowest BCUT2D eigenvalue weighted by Crippen LogP contribution is -2.51. The maximum Gasteiger partial charge on any atom is 0.268 e. The minimum Gasteiger partial charge on any atom is -0.756 e. The molecule has 0 heterocycles. The van der Waals surface area contributed by atoms with Gasteiger partial charge in [0.2, 0.25) is 5.91 Å². The SMILES string of the molecule is CCCCCCCCC/C=C/CCCC(O)C(O)C(COP(=O)([O-])OCC[N+](C)(C)C)NC(=O)CCCCCCCCCCCCCCCCCCCCCCCCCCC/C=C\CCCCCCCCCC. The summed E-state index contributed by atoms with van der Waals surface area (Å²) in [5, 5.41) is 24.7. The monoisotopic (exact) mass is 1050 g/mol. The first kappa shape index (κ1) is 71.9. The van der Waals surface area contributed by atoms with Crippen molar-refractivity contribution in [2.75, 3.05) is 40.9 Å². The van der Waals surface area contributed by atoms with Crippen LogP contribution in [0.25, 0.3) is 0 Å². The fraction of sp³-hybridized carbons (Fsp3) is 0.921. The van der Waals surface area contributed by atoms with Gasteiger partial charge in [-0.3, -0.25) is 9.36 Å². The molecule has 0 aromatic heterocycles. The molecule has 0 aromatic carbocycles. The van der Waals surface area contributed by atoms with Gasteiger partial charge in [-0.1, -0.05) is 269 Å². The third-order valence-corrected chi connectivity index (χ3v) is 15.7. The second kappa shape index (κ2) is 54.3. The van der Waals surface area contributed by atoms with Crippen LogP contribution in [0.15, 0.2) is 24.3 Å². The Morgan fingerprint density at radius 3 is 1.11 bits per heavy atom. The third-order valence-electron chi connectivity index (χ3n) is 14.8. The second-order valence-electron chi connectivity index (χ2n) is 23.2. The van der Waals surface area contributed by atoms with Crippen LogP contribution in [-0.4, -0.2) is 79.8 Å². The predicted molar refractivity (Wildman–Crippen MR) is 313 cm³/mol. The first-order chi connectivity index (χ1) is 35.4. The number of nitrogens with one attached hydrogen (secondary N) is 1. The van der Waals surface area contributed by atoms with E-state index in [0.29, 0.717) is 23.9 Å². The van der Waals surface area contributed by atoms with Crippen LogP contribution in [0.1, 0.15) is 316 Å². The van der Waals surface area contributed by atoms with E-state index < -0.39 is 32.7 Å². The zero-order valence-corrected chi connectivity index (χ0v) is 50.1. The summed E-state index contributed by atoms with van der Waals surface area (Å²) >= 11 is 0.